The Labute approximate surface area is 172 Å². The summed E-state index contributed by atoms with van der Waals surface area (Å²) in [4.78, 5) is 27.6. The number of amides is 1. The average Bonchev–Trinajstić information content (AvgIpc) is 3.27. The zero-order valence-electron chi connectivity index (χ0n) is 16.4. The monoisotopic (exact) mass is 407 g/mol. The Morgan fingerprint density at radius 1 is 1.13 bits per heavy atom. The van der Waals surface area contributed by atoms with Gasteiger partial charge in [0.1, 0.15) is 6.61 Å². The van der Waals surface area contributed by atoms with E-state index >= 15 is 0 Å². The largest absolute Gasteiger partial charge is 0.481 e. The van der Waals surface area contributed by atoms with Crippen molar-refractivity contribution in [3.63, 3.8) is 0 Å². The zero-order valence-corrected chi connectivity index (χ0v) is 16.4. The first kappa shape index (κ1) is 19.6. The lowest BCUT2D eigenvalue weighted by molar-refractivity contribution is -0.137. The molecule has 0 aliphatic heterocycles. The van der Waals surface area contributed by atoms with Gasteiger partial charge in [0.25, 0.3) is 0 Å². The number of aromatic nitrogens is 2. The number of hydrogen-bond acceptors (Lipinski definition) is 6. The Morgan fingerprint density at radius 3 is 2.33 bits per heavy atom. The van der Waals surface area contributed by atoms with Crippen LogP contribution in [0.5, 0.6) is 0 Å². The second-order valence-corrected chi connectivity index (χ2v) is 7.20. The maximum absolute atomic E-state index is 12.4. The summed E-state index contributed by atoms with van der Waals surface area (Å²) in [5, 5.41) is 15.4. The van der Waals surface area contributed by atoms with Crippen LogP contribution in [0.25, 0.3) is 11.1 Å². The van der Waals surface area contributed by atoms with Crippen molar-refractivity contribution in [2.45, 2.75) is 31.7 Å². The number of carbonyl (C=O) groups is 2. The number of fused-ring (bicyclic) bond motifs is 3. The maximum atomic E-state index is 12.4. The number of alkyl carbamates (subject to hydrolysis) is 1. The molecular weight excluding hydrogens is 386 g/mol. The number of hydrogen-bond donors (Lipinski definition) is 2. The van der Waals surface area contributed by atoms with Crippen molar-refractivity contribution in [3.8, 4) is 11.1 Å². The van der Waals surface area contributed by atoms with Crippen LogP contribution in [-0.4, -0.2) is 40.0 Å². The number of benzene rings is 2. The van der Waals surface area contributed by atoms with Crippen molar-refractivity contribution in [1.82, 2.24) is 15.5 Å². The van der Waals surface area contributed by atoms with Gasteiger partial charge in [-0.2, -0.15) is 4.98 Å². The van der Waals surface area contributed by atoms with Crippen LogP contribution in [-0.2, 0) is 16.0 Å². The van der Waals surface area contributed by atoms with E-state index in [0.29, 0.717) is 5.82 Å². The number of nitrogens with one attached hydrogen (secondary N) is 1. The van der Waals surface area contributed by atoms with Crippen molar-refractivity contribution in [2.24, 2.45) is 0 Å². The van der Waals surface area contributed by atoms with E-state index in [1.807, 2.05) is 36.4 Å². The molecule has 1 heterocycles. The highest BCUT2D eigenvalue weighted by molar-refractivity contribution is 5.79. The van der Waals surface area contributed by atoms with Crippen LogP contribution in [0.2, 0.25) is 0 Å². The Balaban J connectivity index is 1.43. The molecule has 0 saturated carbocycles. The molecule has 8 heteroatoms. The molecule has 2 N–H and O–H groups in total. The normalized spacial score (nSPS) is 13.4. The third-order valence-electron chi connectivity index (χ3n) is 5.08. The summed E-state index contributed by atoms with van der Waals surface area (Å²) in [5.74, 6) is -0.409. The summed E-state index contributed by atoms with van der Waals surface area (Å²) in [6.07, 6.45) is -0.859. The third-order valence-corrected chi connectivity index (χ3v) is 5.08. The first-order chi connectivity index (χ1) is 14.5. The molecular formula is C22H21N3O5. The van der Waals surface area contributed by atoms with E-state index in [0.717, 1.165) is 22.3 Å². The Morgan fingerprint density at radius 2 is 1.77 bits per heavy atom. The van der Waals surface area contributed by atoms with Gasteiger partial charge in [0.05, 0.1) is 12.5 Å². The first-order valence-corrected chi connectivity index (χ1v) is 9.63. The number of aryl methyl sites for hydroxylation is 1. The lowest BCUT2D eigenvalue weighted by Gasteiger charge is -2.18. The fourth-order valence-electron chi connectivity index (χ4n) is 3.83. The van der Waals surface area contributed by atoms with Crippen LogP contribution in [0, 0.1) is 6.92 Å². The van der Waals surface area contributed by atoms with Gasteiger partial charge in [0.2, 0.25) is 5.89 Å². The van der Waals surface area contributed by atoms with Crippen molar-refractivity contribution in [3.05, 3.63) is 71.4 Å². The van der Waals surface area contributed by atoms with E-state index < -0.39 is 18.1 Å². The molecule has 1 amide bonds. The summed E-state index contributed by atoms with van der Waals surface area (Å²) < 4.78 is 10.5. The van der Waals surface area contributed by atoms with Gasteiger partial charge in [0, 0.05) is 12.3 Å². The predicted octanol–water partition coefficient (Wildman–Crippen LogP) is 3.30. The highest BCUT2D eigenvalue weighted by Gasteiger charge is 2.29. The Bertz CT molecular complexity index is 1030. The van der Waals surface area contributed by atoms with E-state index in [4.69, 9.17) is 14.4 Å². The smallest absolute Gasteiger partial charge is 0.407 e. The molecule has 30 heavy (non-hydrogen) atoms. The van der Waals surface area contributed by atoms with Crippen LogP contribution < -0.4 is 5.32 Å². The van der Waals surface area contributed by atoms with Gasteiger partial charge in [-0.15, -0.1) is 0 Å². The molecule has 0 bridgehead atoms. The third kappa shape index (κ3) is 4.17. The first-order valence-electron chi connectivity index (χ1n) is 9.63. The Hall–Kier alpha value is -3.68. The minimum absolute atomic E-state index is 0.0698. The zero-order chi connectivity index (χ0) is 21.1. The molecule has 0 saturated heterocycles. The number of carboxylic acid groups (broad SMARTS) is 1. The fraction of sp³-hybridized carbons (Fsp3) is 0.273. The molecule has 4 rings (SSSR count). The molecule has 1 atom stereocenters. The van der Waals surface area contributed by atoms with Crippen LogP contribution in [0.3, 0.4) is 0 Å². The predicted molar refractivity (Wildman–Crippen MR) is 107 cm³/mol. The van der Waals surface area contributed by atoms with Crippen LogP contribution in [0.15, 0.2) is 53.1 Å². The van der Waals surface area contributed by atoms with Crippen molar-refractivity contribution >= 4 is 12.1 Å². The molecule has 154 valence electrons. The second kappa shape index (κ2) is 8.36. The lowest BCUT2D eigenvalue weighted by atomic mass is 9.98. The SMILES string of the molecule is Cc1noc(C[C@@H](CC(=O)O)NC(=O)OCC2c3ccccc3-c3ccccc32)n1. The molecule has 1 aliphatic carbocycles. The molecule has 8 nitrogen and oxygen atoms in total. The minimum Gasteiger partial charge on any atom is -0.481 e. The van der Waals surface area contributed by atoms with Gasteiger partial charge < -0.3 is 19.7 Å². The van der Waals surface area contributed by atoms with Gasteiger partial charge in [-0.1, -0.05) is 53.7 Å². The molecule has 0 unspecified atom stereocenters. The number of ether oxygens (including phenoxy) is 1. The summed E-state index contributed by atoms with van der Waals surface area (Å²) in [6, 6.07) is 15.4. The van der Waals surface area contributed by atoms with Gasteiger partial charge >= 0.3 is 12.1 Å². The van der Waals surface area contributed by atoms with Gasteiger partial charge in [-0.3, -0.25) is 4.79 Å². The van der Waals surface area contributed by atoms with E-state index in [9.17, 15) is 9.59 Å². The molecule has 0 spiro atoms. The van der Waals surface area contributed by atoms with Gasteiger partial charge in [0.15, 0.2) is 5.82 Å². The number of rotatable bonds is 7. The Kier molecular flexibility index (Phi) is 5.47. The summed E-state index contributed by atoms with van der Waals surface area (Å²) in [5.41, 5.74) is 4.49. The van der Waals surface area contributed by atoms with Crippen molar-refractivity contribution < 1.29 is 24.0 Å². The van der Waals surface area contributed by atoms with Gasteiger partial charge in [-0.25, -0.2) is 4.79 Å². The topological polar surface area (TPSA) is 115 Å². The molecule has 1 aromatic heterocycles. The van der Waals surface area contributed by atoms with Crippen molar-refractivity contribution in [2.75, 3.05) is 6.61 Å². The number of nitrogens with zero attached hydrogens (tertiary/aromatic N) is 2. The van der Waals surface area contributed by atoms with E-state index in [1.54, 1.807) is 6.92 Å². The maximum Gasteiger partial charge on any atom is 0.407 e. The van der Waals surface area contributed by atoms with Crippen molar-refractivity contribution in [1.29, 1.82) is 0 Å². The van der Waals surface area contributed by atoms with Gasteiger partial charge in [-0.05, 0) is 29.2 Å². The molecule has 3 aromatic rings. The van der Waals surface area contributed by atoms with Crippen LogP contribution in [0.1, 0.15) is 35.2 Å². The summed E-state index contributed by atoms with van der Waals surface area (Å²) >= 11 is 0. The number of carbonyl (C=O) groups excluding carboxylic acids is 1. The molecule has 2 aromatic carbocycles. The number of aliphatic carboxylic acids is 1. The van der Waals surface area contributed by atoms with Crippen LogP contribution >= 0.6 is 0 Å². The quantitative estimate of drug-likeness (QED) is 0.617. The molecule has 0 radical (unpaired) electrons. The second-order valence-electron chi connectivity index (χ2n) is 7.20. The summed E-state index contributed by atoms with van der Waals surface area (Å²) in [6.45, 7) is 1.82. The lowest BCUT2D eigenvalue weighted by Crippen LogP contribution is -2.39. The van der Waals surface area contributed by atoms with Crippen LogP contribution in [0.4, 0.5) is 4.79 Å². The molecule has 0 fully saturated rings. The summed E-state index contributed by atoms with van der Waals surface area (Å²) in [7, 11) is 0. The van der Waals surface area contributed by atoms with E-state index in [-0.39, 0.29) is 31.3 Å². The minimum atomic E-state index is -1.05. The van der Waals surface area contributed by atoms with E-state index in [1.165, 1.54) is 0 Å². The molecule has 1 aliphatic rings. The van der Waals surface area contributed by atoms with E-state index in [2.05, 4.69) is 27.6 Å². The fourth-order valence-corrected chi connectivity index (χ4v) is 3.83. The highest BCUT2D eigenvalue weighted by Crippen LogP contribution is 2.44. The number of carboxylic acids is 1. The highest BCUT2D eigenvalue weighted by atomic mass is 16.5. The standard InChI is InChI=1S/C22H21N3O5/c1-13-23-20(30-25-13)10-14(11-21(26)27)24-22(28)29-12-19-17-8-4-2-6-15(17)16-7-3-5-9-18(16)19/h2-9,14,19H,10-12H2,1H3,(H,24,28)(H,26,27)/t14-/m0/s1. The average molecular weight is 407 g/mol.